The van der Waals surface area contributed by atoms with Gasteiger partial charge in [-0.25, -0.2) is 9.78 Å². The fraction of sp³-hybridized carbons (Fsp3) is 0.389. The van der Waals surface area contributed by atoms with Crippen molar-refractivity contribution in [3.63, 3.8) is 0 Å². The van der Waals surface area contributed by atoms with E-state index < -0.39 is 12.0 Å². The molecule has 1 N–H and O–H groups in total. The molecule has 138 valence electrons. The molecule has 1 aliphatic heterocycles. The number of likely N-dealkylation sites (tertiary alicyclic amines) is 1. The van der Waals surface area contributed by atoms with Crippen LogP contribution in [-0.4, -0.2) is 52.7 Å². The van der Waals surface area contributed by atoms with Crippen molar-refractivity contribution in [2.45, 2.75) is 36.1 Å². The Morgan fingerprint density at radius 2 is 2.12 bits per heavy atom. The summed E-state index contributed by atoms with van der Waals surface area (Å²) in [5.41, 5.74) is 1.53. The lowest BCUT2D eigenvalue weighted by molar-refractivity contribution is -0.141. The Labute approximate surface area is 160 Å². The standard InChI is InChI=1S/C18H20N2O4S2/c1-11-19-13(9-25-11)10-26-15-5-3-12(4-6-15)17(21)20-8-14(24-2)7-16(20)18(22)23/h3-6,9,14,16H,7-8,10H2,1-2H3,(H,22,23). The number of rotatable bonds is 6. The van der Waals surface area contributed by atoms with Gasteiger partial charge in [0.05, 0.1) is 16.8 Å². The number of carbonyl (C=O) groups excluding carboxylic acids is 1. The fourth-order valence-corrected chi connectivity index (χ4v) is 4.43. The quantitative estimate of drug-likeness (QED) is 0.761. The van der Waals surface area contributed by atoms with Crippen LogP contribution in [0.3, 0.4) is 0 Å². The maximum Gasteiger partial charge on any atom is 0.326 e. The molecule has 2 unspecified atom stereocenters. The topological polar surface area (TPSA) is 79.7 Å². The highest BCUT2D eigenvalue weighted by Gasteiger charge is 2.40. The highest BCUT2D eigenvalue weighted by atomic mass is 32.2. The SMILES string of the molecule is COC1CC(C(=O)O)N(C(=O)c2ccc(SCc3csc(C)n3)cc2)C1. The monoisotopic (exact) mass is 392 g/mol. The van der Waals surface area contributed by atoms with Gasteiger partial charge in [-0.2, -0.15) is 0 Å². The van der Waals surface area contributed by atoms with E-state index in [1.54, 1.807) is 35.2 Å². The zero-order valence-electron chi connectivity index (χ0n) is 14.5. The Kier molecular flexibility index (Phi) is 5.95. The first-order chi connectivity index (χ1) is 12.5. The van der Waals surface area contributed by atoms with Gasteiger partial charge in [-0.15, -0.1) is 23.1 Å². The van der Waals surface area contributed by atoms with Crippen molar-refractivity contribution < 1.29 is 19.4 Å². The van der Waals surface area contributed by atoms with E-state index in [0.29, 0.717) is 18.5 Å². The van der Waals surface area contributed by atoms with Crippen LogP contribution in [0.2, 0.25) is 0 Å². The van der Waals surface area contributed by atoms with Crippen LogP contribution in [0, 0.1) is 6.92 Å². The van der Waals surface area contributed by atoms with Gasteiger partial charge in [0, 0.05) is 41.7 Å². The number of ether oxygens (including phenoxy) is 1. The van der Waals surface area contributed by atoms with E-state index in [9.17, 15) is 14.7 Å². The number of carboxylic acids is 1. The Morgan fingerprint density at radius 1 is 1.38 bits per heavy atom. The number of methoxy groups -OCH3 is 1. The van der Waals surface area contributed by atoms with Crippen molar-refractivity contribution in [3.8, 4) is 0 Å². The lowest BCUT2D eigenvalue weighted by Gasteiger charge is -2.21. The molecule has 0 spiro atoms. The summed E-state index contributed by atoms with van der Waals surface area (Å²) in [4.78, 5) is 31.0. The molecule has 1 amide bonds. The molecule has 2 heterocycles. The first-order valence-corrected chi connectivity index (χ1v) is 10.0. The molecule has 0 saturated carbocycles. The molecule has 1 aromatic heterocycles. The molecule has 1 aliphatic rings. The number of aryl methyl sites for hydroxylation is 1. The summed E-state index contributed by atoms with van der Waals surface area (Å²) in [6.07, 6.45) is 0.0786. The van der Waals surface area contributed by atoms with E-state index in [2.05, 4.69) is 4.98 Å². The highest BCUT2D eigenvalue weighted by molar-refractivity contribution is 7.98. The van der Waals surface area contributed by atoms with Crippen molar-refractivity contribution in [2.75, 3.05) is 13.7 Å². The molecule has 1 saturated heterocycles. The second-order valence-corrected chi connectivity index (χ2v) is 8.19. The number of hydrogen-bond donors (Lipinski definition) is 1. The number of thioether (sulfide) groups is 1. The van der Waals surface area contributed by atoms with Gasteiger partial charge < -0.3 is 14.7 Å². The predicted octanol–water partition coefficient (Wildman–Crippen LogP) is 3.06. The van der Waals surface area contributed by atoms with Gasteiger partial charge in [-0.3, -0.25) is 4.79 Å². The molecule has 3 rings (SSSR count). The number of benzene rings is 1. The van der Waals surface area contributed by atoms with Crippen LogP contribution in [-0.2, 0) is 15.3 Å². The van der Waals surface area contributed by atoms with Crippen LogP contribution < -0.4 is 0 Å². The number of hydrogen-bond acceptors (Lipinski definition) is 6. The average Bonchev–Trinajstić information content (AvgIpc) is 3.26. The minimum absolute atomic E-state index is 0.239. The molecule has 1 fully saturated rings. The number of carbonyl (C=O) groups is 2. The minimum atomic E-state index is -0.997. The largest absolute Gasteiger partial charge is 0.480 e. The summed E-state index contributed by atoms with van der Waals surface area (Å²) in [6.45, 7) is 2.28. The van der Waals surface area contributed by atoms with E-state index in [-0.39, 0.29) is 12.0 Å². The number of carboxylic acid groups (broad SMARTS) is 1. The van der Waals surface area contributed by atoms with E-state index >= 15 is 0 Å². The van der Waals surface area contributed by atoms with Gasteiger partial charge in [0.1, 0.15) is 6.04 Å². The van der Waals surface area contributed by atoms with Gasteiger partial charge in [0.25, 0.3) is 5.91 Å². The zero-order chi connectivity index (χ0) is 18.7. The molecule has 0 bridgehead atoms. The molecular weight excluding hydrogens is 372 g/mol. The number of amides is 1. The Morgan fingerprint density at radius 3 is 2.69 bits per heavy atom. The normalized spacial score (nSPS) is 19.7. The van der Waals surface area contributed by atoms with E-state index in [4.69, 9.17) is 4.74 Å². The molecule has 2 aromatic rings. The minimum Gasteiger partial charge on any atom is -0.480 e. The number of nitrogens with zero attached hydrogens (tertiary/aromatic N) is 2. The van der Waals surface area contributed by atoms with E-state index in [1.165, 1.54) is 12.0 Å². The van der Waals surface area contributed by atoms with Crippen molar-refractivity contribution in [2.24, 2.45) is 0 Å². The number of aliphatic carboxylic acids is 1. The number of aromatic nitrogens is 1. The Balaban J connectivity index is 1.65. The maximum atomic E-state index is 12.7. The van der Waals surface area contributed by atoms with E-state index in [1.807, 2.05) is 24.4 Å². The van der Waals surface area contributed by atoms with Crippen molar-refractivity contribution >= 4 is 35.0 Å². The molecule has 26 heavy (non-hydrogen) atoms. The van der Waals surface area contributed by atoms with Gasteiger partial charge in [-0.1, -0.05) is 0 Å². The Hall–Kier alpha value is -1.90. The third kappa shape index (κ3) is 4.25. The lowest BCUT2D eigenvalue weighted by atomic mass is 10.1. The molecule has 0 radical (unpaired) electrons. The van der Waals surface area contributed by atoms with Crippen LogP contribution in [0.5, 0.6) is 0 Å². The highest BCUT2D eigenvalue weighted by Crippen LogP contribution is 2.26. The first kappa shape index (κ1) is 18.9. The zero-order valence-corrected chi connectivity index (χ0v) is 16.2. The summed E-state index contributed by atoms with van der Waals surface area (Å²) >= 11 is 3.29. The molecular formula is C18H20N2O4S2. The summed E-state index contributed by atoms with van der Waals surface area (Å²) in [5.74, 6) is -0.493. The summed E-state index contributed by atoms with van der Waals surface area (Å²) in [6, 6.07) is 6.42. The van der Waals surface area contributed by atoms with Crippen LogP contribution in [0.15, 0.2) is 34.5 Å². The van der Waals surface area contributed by atoms with Crippen LogP contribution >= 0.6 is 23.1 Å². The number of thiazole rings is 1. The van der Waals surface area contributed by atoms with Crippen molar-refractivity contribution in [1.29, 1.82) is 0 Å². The smallest absolute Gasteiger partial charge is 0.326 e. The molecule has 1 aromatic carbocycles. The lowest BCUT2D eigenvalue weighted by Crippen LogP contribution is -2.40. The summed E-state index contributed by atoms with van der Waals surface area (Å²) in [5, 5.41) is 12.5. The van der Waals surface area contributed by atoms with Crippen LogP contribution in [0.4, 0.5) is 0 Å². The molecule has 8 heteroatoms. The summed E-state index contributed by atoms with van der Waals surface area (Å²) in [7, 11) is 1.54. The van der Waals surface area contributed by atoms with Gasteiger partial charge in [0.15, 0.2) is 0 Å². The second kappa shape index (κ2) is 8.20. The van der Waals surface area contributed by atoms with Gasteiger partial charge in [-0.05, 0) is 31.2 Å². The molecule has 2 atom stereocenters. The first-order valence-electron chi connectivity index (χ1n) is 8.18. The third-order valence-corrected chi connectivity index (χ3v) is 6.16. The third-order valence-electron chi connectivity index (χ3n) is 4.30. The predicted molar refractivity (Wildman–Crippen MR) is 101 cm³/mol. The fourth-order valence-electron chi connectivity index (χ4n) is 2.92. The second-order valence-electron chi connectivity index (χ2n) is 6.08. The van der Waals surface area contributed by atoms with Gasteiger partial charge in [0.2, 0.25) is 0 Å². The molecule has 0 aliphatic carbocycles. The van der Waals surface area contributed by atoms with Crippen molar-refractivity contribution in [3.05, 3.63) is 45.9 Å². The van der Waals surface area contributed by atoms with Gasteiger partial charge >= 0.3 is 5.97 Å². The maximum absolute atomic E-state index is 12.7. The van der Waals surface area contributed by atoms with Crippen LogP contribution in [0.25, 0.3) is 0 Å². The average molecular weight is 393 g/mol. The molecule has 6 nitrogen and oxygen atoms in total. The Bertz CT molecular complexity index is 791. The summed E-state index contributed by atoms with van der Waals surface area (Å²) < 4.78 is 5.24. The van der Waals surface area contributed by atoms with E-state index in [0.717, 1.165) is 21.3 Å². The van der Waals surface area contributed by atoms with Crippen LogP contribution in [0.1, 0.15) is 27.5 Å². The van der Waals surface area contributed by atoms with Crippen molar-refractivity contribution in [1.82, 2.24) is 9.88 Å².